The summed E-state index contributed by atoms with van der Waals surface area (Å²) in [5.41, 5.74) is 1.07. The molecule has 7 nitrogen and oxygen atoms in total. The molecule has 1 heterocycles. The predicted octanol–water partition coefficient (Wildman–Crippen LogP) is 4.21. The molecule has 34 heavy (non-hydrogen) atoms. The fourth-order valence-electron chi connectivity index (χ4n) is 3.53. The van der Waals surface area contributed by atoms with Gasteiger partial charge in [-0.2, -0.15) is 4.31 Å². The van der Waals surface area contributed by atoms with Gasteiger partial charge in [0.1, 0.15) is 11.6 Å². The van der Waals surface area contributed by atoms with Crippen molar-refractivity contribution >= 4 is 21.6 Å². The number of para-hydroxylation sites is 1. The molecule has 0 bridgehead atoms. The van der Waals surface area contributed by atoms with E-state index in [0.717, 1.165) is 5.56 Å². The number of sulfonamides is 1. The highest BCUT2D eigenvalue weighted by Gasteiger charge is 2.27. The highest BCUT2D eigenvalue weighted by molar-refractivity contribution is 7.89. The van der Waals surface area contributed by atoms with Crippen LogP contribution in [0.25, 0.3) is 0 Å². The Bertz CT molecular complexity index is 1230. The van der Waals surface area contributed by atoms with Crippen LogP contribution in [-0.4, -0.2) is 44.9 Å². The summed E-state index contributed by atoms with van der Waals surface area (Å²) in [5, 5.41) is 2.78. The van der Waals surface area contributed by atoms with Gasteiger partial charge in [0.25, 0.3) is 0 Å². The first-order chi connectivity index (χ1) is 16.4. The van der Waals surface area contributed by atoms with Crippen molar-refractivity contribution in [1.82, 2.24) is 4.31 Å². The number of hydrogen-bond donors (Lipinski definition) is 1. The van der Waals surface area contributed by atoms with Crippen LogP contribution in [0.2, 0.25) is 0 Å². The Balaban J connectivity index is 1.56. The van der Waals surface area contributed by atoms with Crippen molar-refractivity contribution in [3.05, 3.63) is 84.2 Å². The number of aryl methyl sites for hydroxylation is 1. The summed E-state index contributed by atoms with van der Waals surface area (Å²) in [6, 6.07) is 19.4. The zero-order valence-electron chi connectivity index (χ0n) is 18.4. The second-order valence-corrected chi connectivity index (χ2v) is 9.70. The first-order valence-corrected chi connectivity index (χ1v) is 12.3. The molecule has 0 aliphatic carbocycles. The van der Waals surface area contributed by atoms with Crippen LogP contribution in [0.5, 0.6) is 11.5 Å². The molecular formula is C25H25FN2O5S. The molecule has 0 unspecified atom stereocenters. The molecule has 0 aromatic heterocycles. The van der Waals surface area contributed by atoms with Gasteiger partial charge in [0.15, 0.2) is 5.75 Å². The van der Waals surface area contributed by atoms with Gasteiger partial charge in [0.05, 0.1) is 23.8 Å². The van der Waals surface area contributed by atoms with E-state index < -0.39 is 10.0 Å². The third kappa shape index (κ3) is 5.99. The van der Waals surface area contributed by atoms with E-state index in [0.29, 0.717) is 31.1 Å². The van der Waals surface area contributed by atoms with Crippen LogP contribution in [0.4, 0.5) is 10.1 Å². The van der Waals surface area contributed by atoms with Crippen LogP contribution in [0.3, 0.4) is 0 Å². The van der Waals surface area contributed by atoms with Crippen LogP contribution in [0.15, 0.2) is 77.7 Å². The molecule has 1 N–H and O–H groups in total. The number of hydrogen-bond acceptors (Lipinski definition) is 5. The second kappa shape index (κ2) is 10.8. The average Bonchev–Trinajstić information content (AvgIpc) is 2.86. The fraction of sp³-hybridized carbons (Fsp3) is 0.240. The first-order valence-electron chi connectivity index (χ1n) is 10.9. The van der Waals surface area contributed by atoms with Crippen molar-refractivity contribution in [2.24, 2.45) is 0 Å². The van der Waals surface area contributed by atoms with Crippen molar-refractivity contribution in [2.75, 3.05) is 31.6 Å². The number of anilines is 1. The maximum Gasteiger partial charge on any atom is 0.243 e. The maximum absolute atomic E-state index is 13.1. The predicted molar refractivity (Wildman–Crippen MR) is 126 cm³/mol. The molecule has 178 valence electrons. The average molecular weight is 485 g/mol. The number of halogens is 1. The van der Waals surface area contributed by atoms with Crippen LogP contribution < -0.4 is 10.1 Å². The third-order valence-electron chi connectivity index (χ3n) is 5.36. The highest BCUT2D eigenvalue weighted by Crippen LogP contribution is 2.33. The molecule has 0 saturated carbocycles. The van der Waals surface area contributed by atoms with E-state index in [9.17, 15) is 17.6 Å². The number of carbonyl (C=O) groups is 1. The number of ether oxygens (including phenoxy) is 2. The Morgan fingerprint density at radius 2 is 1.71 bits per heavy atom. The number of rotatable bonds is 8. The van der Waals surface area contributed by atoms with Crippen molar-refractivity contribution < 1.29 is 27.1 Å². The molecule has 4 rings (SSSR count). The Morgan fingerprint density at radius 3 is 2.41 bits per heavy atom. The molecule has 1 amide bonds. The molecule has 0 atom stereocenters. The highest BCUT2D eigenvalue weighted by atomic mass is 32.2. The fourth-order valence-corrected chi connectivity index (χ4v) is 4.96. The number of nitrogens with zero attached hydrogens (tertiary/aromatic N) is 1. The molecule has 1 aliphatic heterocycles. The van der Waals surface area contributed by atoms with E-state index in [2.05, 4.69) is 5.32 Å². The van der Waals surface area contributed by atoms with Crippen molar-refractivity contribution in [3.63, 3.8) is 0 Å². The van der Waals surface area contributed by atoms with Crippen LogP contribution in [0, 0.1) is 5.82 Å². The van der Waals surface area contributed by atoms with Crippen LogP contribution >= 0.6 is 0 Å². The van der Waals surface area contributed by atoms with Gasteiger partial charge >= 0.3 is 0 Å². The van der Waals surface area contributed by atoms with Crippen LogP contribution in [-0.2, 0) is 26.0 Å². The van der Waals surface area contributed by atoms with Gasteiger partial charge in [-0.1, -0.05) is 30.3 Å². The summed E-state index contributed by atoms with van der Waals surface area (Å²) in [4.78, 5) is 12.8. The summed E-state index contributed by atoms with van der Waals surface area (Å²) >= 11 is 0. The van der Waals surface area contributed by atoms with Gasteiger partial charge < -0.3 is 14.8 Å². The van der Waals surface area contributed by atoms with Gasteiger partial charge in [0, 0.05) is 19.5 Å². The van der Waals surface area contributed by atoms with E-state index >= 15 is 0 Å². The summed E-state index contributed by atoms with van der Waals surface area (Å²) in [7, 11) is -3.76. The van der Waals surface area contributed by atoms with Gasteiger partial charge in [-0.25, -0.2) is 12.8 Å². The molecule has 3 aromatic rings. The Kier molecular flexibility index (Phi) is 7.56. The summed E-state index contributed by atoms with van der Waals surface area (Å²) < 4.78 is 51.9. The molecule has 9 heteroatoms. The third-order valence-corrected chi connectivity index (χ3v) is 7.25. The molecule has 1 fully saturated rings. The summed E-state index contributed by atoms with van der Waals surface area (Å²) in [6.45, 7) is 1.21. The quantitative estimate of drug-likeness (QED) is 0.518. The number of nitrogens with one attached hydrogen (secondary N) is 1. The summed E-state index contributed by atoms with van der Waals surface area (Å²) in [5.74, 6) is 0.215. The topological polar surface area (TPSA) is 84.9 Å². The Hall–Kier alpha value is -3.27. The number of benzene rings is 3. The van der Waals surface area contributed by atoms with E-state index in [-0.39, 0.29) is 41.8 Å². The molecule has 3 aromatic carbocycles. The van der Waals surface area contributed by atoms with Gasteiger partial charge in [-0.05, 0) is 54.4 Å². The van der Waals surface area contributed by atoms with E-state index in [1.54, 1.807) is 24.3 Å². The first kappa shape index (κ1) is 23.9. The van der Waals surface area contributed by atoms with Crippen LogP contribution in [0.1, 0.15) is 12.0 Å². The smallest absolute Gasteiger partial charge is 0.243 e. The van der Waals surface area contributed by atoms with Crippen molar-refractivity contribution in [1.29, 1.82) is 0 Å². The lowest BCUT2D eigenvalue weighted by molar-refractivity contribution is -0.116. The molecule has 1 aliphatic rings. The number of amides is 1. The minimum atomic E-state index is -3.76. The standard InChI is InChI=1S/C25H25FN2O5S/c26-20-9-6-19(7-10-20)8-13-25(29)27-23-18-22(34(30,31)28-14-16-32-17-15-28)11-12-24(23)33-21-4-2-1-3-5-21/h1-7,9-12,18H,8,13-17H2,(H,27,29). The molecule has 1 saturated heterocycles. The number of morpholine rings is 1. The summed E-state index contributed by atoms with van der Waals surface area (Å²) in [6.07, 6.45) is 0.545. The maximum atomic E-state index is 13.1. The minimum Gasteiger partial charge on any atom is -0.455 e. The largest absolute Gasteiger partial charge is 0.455 e. The lowest BCUT2D eigenvalue weighted by atomic mass is 10.1. The lowest BCUT2D eigenvalue weighted by Crippen LogP contribution is -2.40. The molecular weight excluding hydrogens is 459 g/mol. The Morgan fingerprint density at radius 1 is 1.00 bits per heavy atom. The monoisotopic (exact) mass is 484 g/mol. The SMILES string of the molecule is O=C(CCc1ccc(F)cc1)Nc1cc(S(=O)(=O)N2CCOCC2)ccc1Oc1ccccc1. The van der Waals surface area contributed by atoms with E-state index in [4.69, 9.17) is 9.47 Å². The van der Waals surface area contributed by atoms with Crippen molar-refractivity contribution in [3.8, 4) is 11.5 Å². The normalized spacial score (nSPS) is 14.5. The molecule has 0 radical (unpaired) electrons. The van der Waals surface area contributed by atoms with Crippen molar-refractivity contribution in [2.45, 2.75) is 17.7 Å². The van der Waals surface area contributed by atoms with Gasteiger partial charge in [-0.15, -0.1) is 0 Å². The van der Waals surface area contributed by atoms with Gasteiger partial charge in [-0.3, -0.25) is 4.79 Å². The zero-order chi connectivity index (χ0) is 24.0. The molecule has 0 spiro atoms. The Labute approximate surface area is 198 Å². The number of carbonyl (C=O) groups excluding carboxylic acids is 1. The second-order valence-electron chi connectivity index (χ2n) is 7.76. The van der Waals surface area contributed by atoms with E-state index in [1.807, 2.05) is 18.2 Å². The lowest BCUT2D eigenvalue weighted by Gasteiger charge is -2.26. The zero-order valence-corrected chi connectivity index (χ0v) is 19.3. The van der Waals surface area contributed by atoms with Gasteiger partial charge in [0.2, 0.25) is 15.9 Å². The minimum absolute atomic E-state index is 0.0589. The van der Waals surface area contributed by atoms with E-state index in [1.165, 1.54) is 34.6 Å².